The normalized spacial score (nSPS) is 11.8. The van der Waals surface area contributed by atoms with Crippen LogP contribution in [0.1, 0.15) is 13.3 Å². The van der Waals surface area contributed by atoms with Crippen molar-refractivity contribution in [1.82, 2.24) is 5.32 Å². The van der Waals surface area contributed by atoms with Crippen molar-refractivity contribution in [1.29, 1.82) is 0 Å². The van der Waals surface area contributed by atoms with E-state index >= 15 is 0 Å². The molecule has 14 heavy (non-hydrogen) atoms. The molecule has 0 aliphatic carbocycles. The predicted octanol–water partition coefficient (Wildman–Crippen LogP) is -0.0574. The van der Waals surface area contributed by atoms with E-state index in [1.807, 2.05) is 6.92 Å². The number of aliphatic carboxylic acids is 1. The van der Waals surface area contributed by atoms with Crippen molar-refractivity contribution < 1.29 is 14.7 Å². The molecule has 5 nitrogen and oxygen atoms in total. The molecule has 0 unspecified atom stereocenters. The Bertz CT molecular complexity index is 245. The largest absolute Gasteiger partial charge is 0.480 e. The molecule has 0 aromatic heterocycles. The Morgan fingerprint density at radius 2 is 2.21 bits per heavy atom. The highest BCUT2D eigenvalue weighted by molar-refractivity contribution is 8.23. The molecule has 0 aliphatic rings. The molecule has 0 heterocycles. The van der Waals surface area contributed by atoms with Crippen LogP contribution >= 0.6 is 24.0 Å². The number of carbonyl (C=O) groups is 2. The minimum atomic E-state index is -1.09. The molecule has 0 spiro atoms. The van der Waals surface area contributed by atoms with Gasteiger partial charge in [-0.15, -0.1) is 0 Å². The number of hydrogen-bond donors (Lipinski definition) is 3. The molecule has 0 radical (unpaired) electrons. The zero-order chi connectivity index (χ0) is 11.1. The van der Waals surface area contributed by atoms with Crippen LogP contribution in [0.15, 0.2) is 0 Å². The Hall–Kier alpha value is -0.820. The average molecular weight is 236 g/mol. The smallest absolute Gasteiger partial charge is 0.317 e. The third-order valence-corrected chi connectivity index (χ3v) is 2.68. The molecule has 0 bridgehead atoms. The van der Waals surface area contributed by atoms with Crippen LogP contribution in [0, 0.1) is 0 Å². The van der Waals surface area contributed by atoms with Crippen LogP contribution in [0.5, 0.6) is 0 Å². The van der Waals surface area contributed by atoms with Crippen LogP contribution in [-0.4, -0.2) is 33.1 Å². The second-order valence-corrected chi connectivity index (χ2v) is 4.31. The maximum atomic E-state index is 10.7. The highest BCUT2D eigenvalue weighted by Gasteiger charge is 2.22. The van der Waals surface area contributed by atoms with Gasteiger partial charge in [-0.1, -0.05) is 24.0 Å². The monoisotopic (exact) mass is 236 g/mol. The summed E-state index contributed by atoms with van der Waals surface area (Å²) >= 11 is 5.76. The number of primary amides is 1. The molecule has 0 aliphatic heterocycles. The van der Waals surface area contributed by atoms with E-state index in [9.17, 15) is 9.59 Å². The first-order valence-corrected chi connectivity index (χ1v) is 5.21. The quantitative estimate of drug-likeness (QED) is 0.579. The van der Waals surface area contributed by atoms with Crippen LogP contribution in [0.3, 0.4) is 0 Å². The Balaban J connectivity index is 4.16. The van der Waals surface area contributed by atoms with E-state index in [1.54, 1.807) is 0 Å². The van der Waals surface area contributed by atoms with Gasteiger partial charge in [0.2, 0.25) is 5.91 Å². The molecule has 1 atom stereocenters. The lowest BCUT2D eigenvalue weighted by Crippen LogP contribution is -2.28. The Kier molecular flexibility index (Phi) is 6.22. The summed E-state index contributed by atoms with van der Waals surface area (Å²) in [5.41, 5.74) is 4.90. The SMILES string of the molecule is CCNC(=S)S[C@H](CC(N)=O)C(=O)O. The topological polar surface area (TPSA) is 92.4 Å². The third kappa shape index (κ3) is 5.76. The first kappa shape index (κ1) is 13.2. The maximum Gasteiger partial charge on any atom is 0.317 e. The van der Waals surface area contributed by atoms with E-state index in [1.165, 1.54) is 0 Å². The Labute approximate surface area is 91.4 Å². The first-order valence-electron chi connectivity index (χ1n) is 3.93. The first-order chi connectivity index (χ1) is 6.47. The summed E-state index contributed by atoms with van der Waals surface area (Å²) in [4.78, 5) is 21.2. The fourth-order valence-corrected chi connectivity index (χ4v) is 2.00. The zero-order valence-corrected chi connectivity index (χ0v) is 9.28. The average Bonchev–Trinajstić information content (AvgIpc) is 2.02. The summed E-state index contributed by atoms with van der Waals surface area (Å²) in [5, 5.41) is 10.6. The molecular weight excluding hydrogens is 224 g/mol. The minimum Gasteiger partial charge on any atom is -0.480 e. The fraction of sp³-hybridized carbons (Fsp3) is 0.571. The van der Waals surface area contributed by atoms with Crippen LogP contribution < -0.4 is 11.1 Å². The van der Waals surface area contributed by atoms with Gasteiger partial charge in [0.05, 0.1) is 0 Å². The number of hydrogen-bond acceptors (Lipinski definition) is 4. The van der Waals surface area contributed by atoms with Crippen molar-refractivity contribution in [3.05, 3.63) is 0 Å². The van der Waals surface area contributed by atoms with E-state index in [-0.39, 0.29) is 6.42 Å². The number of thiocarbonyl (C=S) groups is 1. The predicted molar refractivity (Wildman–Crippen MR) is 59.1 cm³/mol. The molecule has 0 aromatic rings. The van der Waals surface area contributed by atoms with Crippen molar-refractivity contribution in [2.24, 2.45) is 5.73 Å². The van der Waals surface area contributed by atoms with Gasteiger partial charge in [0.15, 0.2) is 0 Å². The number of nitrogens with two attached hydrogens (primary N) is 1. The summed E-state index contributed by atoms with van der Waals surface area (Å²) in [7, 11) is 0. The van der Waals surface area contributed by atoms with Crippen LogP contribution in [0.2, 0.25) is 0 Å². The van der Waals surface area contributed by atoms with E-state index < -0.39 is 17.1 Å². The van der Waals surface area contributed by atoms with Crippen molar-refractivity contribution in [2.45, 2.75) is 18.6 Å². The third-order valence-electron chi connectivity index (χ3n) is 1.23. The number of carboxylic acid groups (broad SMARTS) is 1. The van der Waals surface area contributed by atoms with Gasteiger partial charge in [-0.25, -0.2) is 0 Å². The number of amides is 1. The summed E-state index contributed by atoms with van der Waals surface area (Å²) in [6.07, 6.45) is -0.217. The summed E-state index contributed by atoms with van der Waals surface area (Å²) in [6, 6.07) is 0. The molecule has 0 saturated heterocycles. The van der Waals surface area contributed by atoms with Gasteiger partial charge >= 0.3 is 5.97 Å². The van der Waals surface area contributed by atoms with E-state index in [4.69, 9.17) is 23.1 Å². The molecule has 0 saturated carbocycles. The number of thioether (sulfide) groups is 1. The van der Waals surface area contributed by atoms with Crippen molar-refractivity contribution in [3.8, 4) is 0 Å². The van der Waals surface area contributed by atoms with Crippen LogP contribution in [0.4, 0.5) is 0 Å². The van der Waals surface area contributed by atoms with Gasteiger partial charge in [-0.2, -0.15) is 0 Å². The zero-order valence-electron chi connectivity index (χ0n) is 7.65. The maximum absolute atomic E-state index is 10.7. The fourth-order valence-electron chi connectivity index (χ4n) is 0.677. The second-order valence-electron chi connectivity index (χ2n) is 2.43. The lowest BCUT2D eigenvalue weighted by molar-refractivity contribution is -0.137. The van der Waals surface area contributed by atoms with Gasteiger partial charge in [0.25, 0.3) is 0 Å². The number of carboxylic acids is 1. The second kappa shape index (κ2) is 6.61. The standard InChI is InChI=1S/C7H12N2O3S2/c1-2-9-7(13)14-4(6(11)12)3-5(8)10/h4H,2-3H2,1H3,(H2,8,10)(H,9,13)(H,11,12)/t4-/m1/s1. The van der Waals surface area contributed by atoms with Gasteiger partial charge < -0.3 is 16.2 Å². The molecule has 7 heteroatoms. The molecular formula is C7H12N2O3S2. The van der Waals surface area contributed by atoms with E-state index in [2.05, 4.69) is 5.32 Å². The summed E-state index contributed by atoms with van der Waals surface area (Å²) in [6.45, 7) is 2.46. The highest BCUT2D eigenvalue weighted by Crippen LogP contribution is 2.15. The molecule has 4 N–H and O–H groups in total. The lowest BCUT2D eigenvalue weighted by atomic mass is 10.3. The molecule has 0 aromatic carbocycles. The van der Waals surface area contributed by atoms with Gasteiger partial charge in [0, 0.05) is 13.0 Å². The Morgan fingerprint density at radius 3 is 2.57 bits per heavy atom. The van der Waals surface area contributed by atoms with Gasteiger partial charge in [-0.05, 0) is 6.92 Å². The lowest BCUT2D eigenvalue weighted by Gasteiger charge is -2.10. The minimum absolute atomic E-state index is 0.217. The molecule has 0 fully saturated rings. The summed E-state index contributed by atoms with van der Waals surface area (Å²) in [5.74, 6) is -1.74. The number of rotatable bonds is 5. The van der Waals surface area contributed by atoms with Gasteiger partial charge in [-0.3, -0.25) is 9.59 Å². The number of nitrogens with one attached hydrogen (secondary N) is 1. The highest BCUT2D eigenvalue weighted by atomic mass is 32.2. The van der Waals surface area contributed by atoms with Crippen molar-refractivity contribution in [2.75, 3.05) is 6.54 Å². The molecule has 1 amide bonds. The summed E-state index contributed by atoms with van der Waals surface area (Å²) < 4.78 is 0.362. The van der Waals surface area contributed by atoms with E-state index in [0.717, 1.165) is 11.8 Å². The molecule has 0 rings (SSSR count). The van der Waals surface area contributed by atoms with Crippen molar-refractivity contribution >= 4 is 40.2 Å². The Morgan fingerprint density at radius 1 is 1.64 bits per heavy atom. The van der Waals surface area contributed by atoms with Gasteiger partial charge in [0.1, 0.15) is 9.57 Å². The van der Waals surface area contributed by atoms with E-state index in [0.29, 0.717) is 10.9 Å². The van der Waals surface area contributed by atoms with Crippen LogP contribution in [-0.2, 0) is 9.59 Å². The number of carbonyl (C=O) groups excluding carboxylic acids is 1. The van der Waals surface area contributed by atoms with Crippen LogP contribution in [0.25, 0.3) is 0 Å². The van der Waals surface area contributed by atoms with Crippen molar-refractivity contribution in [3.63, 3.8) is 0 Å². The molecule has 80 valence electrons.